The van der Waals surface area contributed by atoms with E-state index in [-0.39, 0.29) is 18.3 Å². The van der Waals surface area contributed by atoms with Crippen molar-refractivity contribution >= 4 is 7.12 Å². The molecule has 3 rings (SSSR count). The number of hydrogen-bond acceptors (Lipinski definition) is 2. The molecule has 1 aliphatic heterocycles. The van der Waals surface area contributed by atoms with Crippen LogP contribution in [0.25, 0.3) is 0 Å². The second-order valence-corrected chi connectivity index (χ2v) is 7.46. The van der Waals surface area contributed by atoms with Crippen molar-refractivity contribution in [3.05, 3.63) is 0 Å². The van der Waals surface area contributed by atoms with Crippen molar-refractivity contribution in [3.63, 3.8) is 0 Å². The van der Waals surface area contributed by atoms with Crippen molar-refractivity contribution < 1.29 is 9.31 Å². The molecule has 2 saturated carbocycles. The Morgan fingerprint density at radius 1 is 0.824 bits per heavy atom. The van der Waals surface area contributed by atoms with Crippen LogP contribution in [0.3, 0.4) is 0 Å². The highest BCUT2D eigenvalue weighted by Gasteiger charge is 2.55. The van der Waals surface area contributed by atoms with E-state index in [1.54, 1.807) is 0 Å². The Hall–Kier alpha value is -0.0151. The average molecular weight is 236 g/mol. The summed E-state index contributed by atoms with van der Waals surface area (Å²) in [6.45, 7) is 8.60. The Labute approximate surface area is 106 Å². The van der Waals surface area contributed by atoms with Crippen LogP contribution in [0.15, 0.2) is 0 Å². The molecule has 0 aromatic heterocycles. The fraction of sp³-hybridized carbons (Fsp3) is 1.00. The average Bonchev–Trinajstić information content (AvgIpc) is 2.92. The summed E-state index contributed by atoms with van der Waals surface area (Å²) in [6, 6.07) is 0. The monoisotopic (exact) mass is 236 g/mol. The molecule has 0 unspecified atom stereocenters. The highest BCUT2D eigenvalue weighted by molar-refractivity contribution is 6.47. The second-order valence-electron chi connectivity index (χ2n) is 7.46. The van der Waals surface area contributed by atoms with Crippen molar-refractivity contribution in [2.75, 3.05) is 0 Å². The van der Waals surface area contributed by atoms with Gasteiger partial charge in [-0.25, -0.2) is 0 Å². The summed E-state index contributed by atoms with van der Waals surface area (Å²) in [5.41, 5.74) is 0.443. The third-order valence-corrected chi connectivity index (χ3v) is 5.70. The zero-order valence-electron chi connectivity index (χ0n) is 11.7. The van der Waals surface area contributed by atoms with E-state index < -0.39 is 0 Å². The molecule has 1 saturated heterocycles. The maximum atomic E-state index is 6.17. The van der Waals surface area contributed by atoms with Crippen LogP contribution in [0.5, 0.6) is 0 Å². The lowest BCUT2D eigenvalue weighted by Crippen LogP contribution is -2.41. The van der Waals surface area contributed by atoms with Crippen molar-refractivity contribution in [2.45, 2.75) is 83.2 Å². The lowest BCUT2D eigenvalue weighted by atomic mass is 9.62. The summed E-state index contributed by atoms with van der Waals surface area (Å²) in [5, 5.41) is 0. The molecule has 0 aromatic carbocycles. The summed E-state index contributed by atoms with van der Waals surface area (Å²) in [4.78, 5) is 0. The van der Waals surface area contributed by atoms with Gasteiger partial charge in [0, 0.05) is 0 Å². The fourth-order valence-corrected chi connectivity index (χ4v) is 3.28. The first kappa shape index (κ1) is 12.0. The highest BCUT2D eigenvalue weighted by atomic mass is 16.7. The lowest BCUT2D eigenvalue weighted by Gasteiger charge is -2.32. The van der Waals surface area contributed by atoms with Crippen LogP contribution in [-0.4, -0.2) is 18.3 Å². The summed E-state index contributed by atoms with van der Waals surface area (Å²) in [7, 11) is 0.0381. The molecule has 0 atom stereocenters. The quantitative estimate of drug-likeness (QED) is 0.644. The van der Waals surface area contributed by atoms with E-state index in [0.717, 1.165) is 5.41 Å². The summed E-state index contributed by atoms with van der Waals surface area (Å²) >= 11 is 0. The van der Waals surface area contributed by atoms with Crippen LogP contribution in [0.2, 0.25) is 5.82 Å². The van der Waals surface area contributed by atoms with Crippen molar-refractivity contribution in [3.8, 4) is 0 Å². The first-order valence-electron chi connectivity index (χ1n) is 7.19. The van der Waals surface area contributed by atoms with Gasteiger partial charge in [-0.05, 0) is 64.6 Å². The fourth-order valence-electron chi connectivity index (χ4n) is 3.28. The van der Waals surface area contributed by atoms with Crippen molar-refractivity contribution in [1.82, 2.24) is 0 Å². The zero-order chi connectivity index (χ0) is 12.3. The van der Waals surface area contributed by atoms with Gasteiger partial charge in [-0.3, -0.25) is 0 Å². The van der Waals surface area contributed by atoms with Crippen LogP contribution in [0, 0.1) is 5.41 Å². The molecule has 3 fully saturated rings. The van der Waals surface area contributed by atoms with Gasteiger partial charge in [0.2, 0.25) is 0 Å². The van der Waals surface area contributed by atoms with Crippen LogP contribution >= 0.6 is 0 Å². The molecule has 0 aromatic rings. The summed E-state index contributed by atoms with van der Waals surface area (Å²) < 4.78 is 12.3. The molecule has 0 bridgehead atoms. The second kappa shape index (κ2) is 3.51. The van der Waals surface area contributed by atoms with Gasteiger partial charge in [-0.1, -0.05) is 12.8 Å². The topological polar surface area (TPSA) is 18.5 Å². The van der Waals surface area contributed by atoms with E-state index in [1.807, 2.05) is 0 Å². The molecular weight excluding hydrogens is 211 g/mol. The Bertz CT molecular complexity index is 294. The highest BCUT2D eigenvalue weighted by Crippen LogP contribution is 2.59. The molecule has 1 heterocycles. The van der Waals surface area contributed by atoms with Gasteiger partial charge in [0.15, 0.2) is 0 Å². The van der Waals surface area contributed by atoms with Crippen LogP contribution < -0.4 is 0 Å². The minimum Gasteiger partial charge on any atom is -0.403 e. The van der Waals surface area contributed by atoms with Crippen LogP contribution in [0.1, 0.15) is 66.2 Å². The maximum Gasteiger partial charge on any atom is 0.461 e. The maximum absolute atomic E-state index is 6.17. The first-order valence-corrected chi connectivity index (χ1v) is 7.19. The van der Waals surface area contributed by atoms with E-state index in [2.05, 4.69) is 27.7 Å². The minimum absolute atomic E-state index is 0.0381. The molecule has 3 heteroatoms. The van der Waals surface area contributed by atoms with Crippen molar-refractivity contribution in [2.24, 2.45) is 5.41 Å². The molecule has 0 radical (unpaired) electrons. The molecular formula is C14H25BO2. The van der Waals surface area contributed by atoms with Gasteiger partial charge in [0.1, 0.15) is 0 Å². The first-order chi connectivity index (χ1) is 7.84. The van der Waals surface area contributed by atoms with Crippen LogP contribution in [-0.2, 0) is 9.31 Å². The lowest BCUT2D eigenvalue weighted by molar-refractivity contribution is 0.00578. The third kappa shape index (κ3) is 1.96. The zero-order valence-corrected chi connectivity index (χ0v) is 11.7. The third-order valence-electron chi connectivity index (χ3n) is 5.70. The van der Waals surface area contributed by atoms with Gasteiger partial charge in [-0.15, -0.1) is 0 Å². The van der Waals surface area contributed by atoms with Gasteiger partial charge in [-0.2, -0.15) is 0 Å². The smallest absolute Gasteiger partial charge is 0.403 e. The molecule has 17 heavy (non-hydrogen) atoms. The minimum atomic E-state index is -0.160. The van der Waals surface area contributed by atoms with E-state index in [1.165, 1.54) is 38.5 Å². The Kier molecular flexibility index (Phi) is 2.49. The molecule has 2 aliphatic carbocycles. The number of hydrogen-bond donors (Lipinski definition) is 0. The number of rotatable bonds is 1. The van der Waals surface area contributed by atoms with Crippen LogP contribution in [0.4, 0.5) is 0 Å². The molecule has 2 nitrogen and oxygen atoms in total. The van der Waals surface area contributed by atoms with Gasteiger partial charge < -0.3 is 9.31 Å². The normalized spacial score (nSPS) is 34.2. The van der Waals surface area contributed by atoms with Crippen molar-refractivity contribution in [1.29, 1.82) is 0 Å². The van der Waals surface area contributed by atoms with Gasteiger partial charge >= 0.3 is 7.12 Å². The molecule has 96 valence electrons. The van der Waals surface area contributed by atoms with E-state index in [4.69, 9.17) is 9.31 Å². The summed E-state index contributed by atoms with van der Waals surface area (Å²) in [5.74, 6) is 0.627. The summed E-state index contributed by atoms with van der Waals surface area (Å²) in [6.07, 6.45) is 8.36. The van der Waals surface area contributed by atoms with E-state index in [0.29, 0.717) is 5.82 Å². The SMILES string of the molecule is CC1(C)OB(C2CCC3(CC2)CC3)OC1(C)C. The Morgan fingerprint density at radius 2 is 1.29 bits per heavy atom. The Morgan fingerprint density at radius 3 is 1.71 bits per heavy atom. The largest absolute Gasteiger partial charge is 0.461 e. The standard InChI is InChI=1S/C14H25BO2/c1-12(2)13(3,4)17-15(16-12)11-5-7-14(8-6-11)9-10-14/h11H,5-10H2,1-4H3. The van der Waals surface area contributed by atoms with Gasteiger partial charge in [0.05, 0.1) is 11.2 Å². The molecule has 1 spiro atoms. The Balaban J connectivity index is 1.63. The van der Waals surface area contributed by atoms with E-state index in [9.17, 15) is 0 Å². The predicted molar refractivity (Wildman–Crippen MR) is 70.0 cm³/mol. The predicted octanol–water partition coefficient (Wildman–Crippen LogP) is 3.80. The molecule has 3 aliphatic rings. The van der Waals surface area contributed by atoms with E-state index >= 15 is 0 Å². The molecule has 0 N–H and O–H groups in total. The van der Waals surface area contributed by atoms with Gasteiger partial charge in [0.25, 0.3) is 0 Å². The molecule has 0 amide bonds.